The second-order valence-corrected chi connectivity index (χ2v) is 20.2. The van der Waals surface area contributed by atoms with Crippen LogP contribution in [-0.2, 0) is 28.6 Å². The molecule has 0 bridgehead atoms. The molecule has 1 unspecified atom stereocenters. The standard InChI is InChI=1S/C73H114O6/c1-4-7-10-13-16-19-22-25-27-28-29-30-31-32-33-34-35-36-37-38-39-40-41-42-43-44-46-48-51-54-57-60-63-66-72(75)78-69-70(68-77-71(74)65-62-59-56-53-50-47-24-21-18-15-12-9-6-3)79-73(76)67-64-61-58-55-52-49-45-26-23-20-17-14-11-8-5-2/h7-8,10-12,15-17,19-21,24-27,29-30,32-33,35-36,38-39,45,52,55,61,64,70H,4-6,9,13-14,18,22-23,28,31,34,37,40-44,46-51,53-54,56-60,62-63,65-69H2,1-3H3/b10-7-,11-8-,15-12-,19-16-,20-17-,24-21-,27-25-,30-29-,33-32-,36-35-,39-38-,45-26-,55-52-,64-61-. The van der Waals surface area contributed by atoms with E-state index in [-0.39, 0.29) is 31.6 Å². The number of carbonyl (C=O) groups is 3. The zero-order valence-electron chi connectivity index (χ0n) is 50.6. The van der Waals surface area contributed by atoms with E-state index >= 15 is 0 Å². The minimum atomic E-state index is -0.847. The van der Waals surface area contributed by atoms with Crippen molar-refractivity contribution < 1.29 is 28.6 Å². The Kier molecular flexibility index (Phi) is 61.0. The van der Waals surface area contributed by atoms with Crippen LogP contribution in [0.3, 0.4) is 0 Å². The summed E-state index contributed by atoms with van der Waals surface area (Å²) in [5.41, 5.74) is 0. The largest absolute Gasteiger partial charge is 0.462 e. The third-order valence-electron chi connectivity index (χ3n) is 12.7. The molecule has 0 saturated heterocycles. The highest BCUT2D eigenvalue weighted by molar-refractivity contribution is 5.72. The predicted molar refractivity (Wildman–Crippen MR) is 343 cm³/mol. The van der Waals surface area contributed by atoms with Gasteiger partial charge in [0.2, 0.25) is 0 Å². The highest BCUT2D eigenvalue weighted by atomic mass is 16.6. The zero-order valence-corrected chi connectivity index (χ0v) is 50.6. The maximum Gasteiger partial charge on any atom is 0.310 e. The van der Waals surface area contributed by atoms with Crippen LogP contribution in [-0.4, -0.2) is 37.2 Å². The smallest absolute Gasteiger partial charge is 0.310 e. The normalized spacial score (nSPS) is 13.3. The van der Waals surface area contributed by atoms with Gasteiger partial charge in [0.15, 0.2) is 6.10 Å². The van der Waals surface area contributed by atoms with Gasteiger partial charge in [-0.05, 0) is 128 Å². The molecule has 79 heavy (non-hydrogen) atoms. The fourth-order valence-electron chi connectivity index (χ4n) is 8.06. The molecule has 0 aliphatic heterocycles. The fraction of sp³-hybridized carbons (Fsp3) is 0.575. The Morgan fingerprint density at radius 1 is 0.278 bits per heavy atom. The van der Waals surface area contributed by atoms with E-state index in [9.17, 15) is 14.4 Å². The van der Waals surface area contributed by atoms with Crippen LogP contribution in [0, 0.1) is 0 Å². The molecule has 0 fully saturated rings. The topological polar surface area (TPSA) is 78.9 Å². The van der Waals surface area contributed by atoms with Crippen molar-refractivity contribution in [1.29, 1.82) is 0 Å². The van der Waals surface area contributed by atoms with Crippen molar-refractivity contribution in [3.63, 3.8) is 0 Å². The fourth-order valence-corrected chi connectivity index (χ4v) is 8.06. The molecule has 0 rings (SSSR count). The summed E-state index contributed by atoms with van der Waals surface area (Å²) < 4.78 is 16.7. The zero-order chi connectivity index (χ0) is 57.1. The van der Waals surface area contributed by atoms with Crippen molar-refractivity contribution >= 4 is 17.9 Å². The van der Waals surface area contributed by atoms with Gasteiger partial charge in [0, 0.05) is 12.8 Å². The lowest BCUT2D eigenvalue weighted by Gasteiger charge is -2.18. The molecule has 0 radical (unpaired) electrons. The number of ether oxygens (including phenoxy) is 3. The minimum Gasteiger partial charge on any atom is -0.462 e. The molecule has 0 saturated carbocycles. The first-order chi connectivity index (χ1) is 39.0. The van der Waals surface area contributed by atoms with Gasteiger partial charge >= 0.3 is 17.9 Å². The Bertz CT molecular complexity index is 1820. The van der Waals surface area contributed by atoms with Crippen molar-refractivity contribution in [3.8, 4) is 0 Å². The average molecular weight is 1090 g/mol. The summed E-state index contributed by atoms with van der Waals surface area (Å²) in [7, 11) is 0. The van der Waals surface area contributed by atoms with Crippen LogP contribution in [0.15, 0.2) is 170 Å². The van der Waals surface area contributed by atoms with E-state index in [1.54, 1.807) is 6.08 Å². The van der Waals surface area contributed by atoms with E-state index < -0.39 is 12.1 Å². The van der Waals surface area contributed by atoms with Crippen molar-refractivity contribution in [3.05, 3.63) is 170 Å². The molecule has 0 amide bonds. The summed E-state index contributed by atoms with van der Waals surface area (Å²) in [4.78, 5) is 38.1. The third-order valence-corrected chi connectivity index (χ3v) is 12.7. The van der Waals surface area contributed by atoms with Crippen LogP contribution in [0.2, 0.25) is 0 Å². The molecule has 0 heterocycles. The van der Waals surface area contributed by atoms with Gasteiger partial charge in [-0.2, -0.15) is 0 Å². The Labute approximate surface area is 485 Å². The number of hydrogen-bond donors (Lipinski definition) is 0. The quantitative estimate of drug-likeness (QED) is 0.0261. The number of rotatable bonds is 55. The Hall–Kier alpha value is -5.23. The van der Waals surface area contributed by atoms with E-state index in [0.717, 1.165) is 141 Å². The van der Waals surface area contributed by atoms with Crippen molar-refractivity contribution in [2.24, 2.45) is 0 Å². The Balaban J connectivity index is 4.32. The summed E-state index contributed by atoms with van der Waals surface area (Å²) >= 11 is 0. The molecule has 1 atom stereocenters. The second kappa shape index (κ2) is 65.3. The van der Waals surface area contributed by atoms with Gasteiger partial charge in [-0.1, -0.05) is 274 Å². The second-order valence-electron chi connectivity index (χ2n) is 20.2. The maximum absolute atomic E-state index is 12.8. The summed E-state index contributed by atoms with van der Waals surface area (Å²) in [5, 5.41) is 0. The molecule has 6 heteroatoms. The highest BCUT2D eigenvalue weighted by Crippen LogP contribution is 2.14. The van der Waals surface area contributed by atoms with Gasteiger partial charge in [0.1, 0.15) is 13.2 Å². The number of allylic oxidation sites excluding steroid dienone is 27. The average Bonchev–Trinajstić information content (AvgIpc) is 3.45. The third kappa shape index (κ3) is 63.5. The van der Waals surface area contributed by atoms with Crippen LogP contribution in [0.5, 0.6) is 0 Å². The van der Waals surface area contributed by atoms with Crippen LogP contribution >= 0.6 is 0 Å². The van der Waals surface area contributed by atoms with Gasteiger partial charge < -0.3 is 14.2 Å². The van der Waals surface area contributed by atoms with Gasteiger partial charge in [-0.25, -0.2) is 0 Å². The number of hydrogen-bond acceptors (Lipinski definition) is 6. The Morgan fingerprint density at radius 3 is 0.835 bits per heavy atom. The lowest BCUT2D eigenvalue weighted by Crippen LogP contribution is -2.30. The molecule has 0 aliphatic carbocycles. The lowest BCUT2D eigenvalue weighted by molar-refractivity contribution is -0.166. The summed E-state index contributed by atoms with van der Waals surface area (Å²) in [6.45, 7) is 6.24. The molecule has 0 N–H and O–H groups in total. The van der Waals surface area contributed by atoms with Crippen molar-refractivity contribution in [2.45, 2.75) is 258 Å². The van der Waals surface area contributed by atoms with E-state index in [2.05, 4.69) is 179 Å². The Morgan fingerprint density at radius 2 is 0.532 bits per heavy atom. The molecule has 6 nitrogen and oxygen atoms in total. The predicted octanol–water partition coefficient (Wildman–Crippen LogP) is 21.9. The SMILES string of the molecule is CC/C=C\C/C=C\C/C=C\C/C=C\C/C=C\C/C=C\C/C=C\CCCCCCCCCCCCCC(=O)OCC(COC(=O)CCCCCCC/C=C\C/C=C\CCC)OC(=O)C/C=C\C/C=C\C/C=C\C/C=C\C/C=C\CC. The minimum absolute atomic E-state index is 0.0862. The first-order valence-corrected chi connectivity index (χ1v) is 31.6. The van der Waals surface area contributed by atoms with E-state index in [1.807, 2.05) is 6.08 Å². The van der Waals surface area contributed by atoms with Gasteiger partial charge in [-0.3, -0.25) is 14.4 Å². The number of esters is 3. The van der Waals surface area contributed by atoms with Crippen molar-refractivity contribution in [1.82, 2.24) is 0 Å². The van der Waals surface area contributed by atoms with E-state index in [4.69, 9.17) is 14.2 Å². The molecule has 0 aromatic heterocycles. The molecular formula is C73H114O6. The molecule has 0 aromatic rings. The van der Waals surface area contributed by atoms with Crippen molar-refractivity contribution in [2.75, 3.05) is 13.2 Å². The molecule has 0 spiro atoms. The molecular weight excluding hydrogens is 973 g/mol. The van der Waals surface area contributed by atoms with Crippen LogP contribution in [0.25, 0.3) is 0 Å². The van der Waals surface area contributed by atoms with Crippen LogP contribution < -0.4 is 0 Å². The highest BCUT2D eigenvalue weighted by Gasteiger charge is 2.19. The number of carbonyl (C=O) groups excluding carboxylic acids is 3. The summed E-state index contributed by atoms with van der Waals surface area (Å²) in [6.07, 6.45) is 96.8. The number of unbranched alkanes of at least 4 members (excludes halogenated alkanes) is 17. The van der Waals surface area contributed by atoms with Gasteiger partial charge in [-0.15, -0.1) is 0 Å². The lowest BCUT2D eigenvalue weighted by atomic mass is 10.0. The van der Waals surface area contributed by atoms with Gasteiger partial charge in [0.05, 0.1) is 6.42 Å². The molecule has 442 valence electrons. The molecule has 0 aromatic carbocycles. The van der Waals surface area contributed by atoms with Crippen LogP contribution in [0.1, 0.15) is 252 Å². The monoisotopic (exact) mass is 1090 g/mol. The maximum atomic E-state index is 12.8. The summed E-state index contributed by atoms with van der Waals surface area (Å²) in [6, 6.07) is 0. The first kappa shape index (κ1) is 73.8. The van der Waals surface area contributed by atoms with Crippen LogP contribution in [0.4, 0.5) is 0 Å². The van der Waals surface area contributed by atoms with E-state index in [0.29, 0.717) is 19.3 Å². The molecule has 0 aliphatic rings. The van der Waals surface area contributed by atoms with Gasteiger partial charge in [0.25, 0.3) is 0 Å². The summed E-state index contributed by atoms with van der Waals surface area (Å²) in [5.74, 6) is -1.08. The first-order valence-electron chi connectivity index (χ1n) is 31.6. The van der Waals surface area contributed by atoms with E-state index in [1.165, 1.54) is 64.2 Å².